The Kier molecular flexibility index (Phi) is 3.14. The molecule has 0 spiro atoms. The molecule has 0 aliphatic heterocycles. The highest BCUT2D eigenvalue weighted by atomic mass is 79.9. The molecule has 1 aromatic heterocycles. The molecule has 3 aromatic rings. The van der Waals surface area contributed by atoms with E-state index in [2.05, 4.69) is 41.8 Å². The largest absolute Gasteiger partial charge is 0.243 e. The van der Waals surface area contributed by atoms with E-state index in [1.165, 1.54) is 0 Å². The Balaban J connectivity index is 2.27. The first-order chi connectivity index (χ1) is 8.74. The number of rotatable bonds is 1. The maximum Gasteiger partial charge on any atom is 0.133 e. The number of fused-ring (bicyclic) bond motifs is 1. The minimum absolute atomic E-state index is 0.767. The molecule has 0 aliphatic rings. The first-order valence-electron chi connectivity index (χ1n) is 5.42. The summed E-state index contributed by atoms with van der Waals surface area (Å²) in [6, 6.07) is 15.9. The molecule has 4 heteroatoms. The third-order valence-corrected chi connectivity index (χ3v) is 3.68. The molecule has 0 bridgehead atoms. The molecule has 0 amide bonds. The van der Waals surface area contributed by atoms with Crippen molar-refractivity contribution in [3.63, 3.8) is 0 Å². The average molecular weight is 364 g/mol. The summed E-state index contributed by atoms with van der Waals surface area (Å²) in [5.41, 5.74) is 3.68. The summed E-state index contributed by atoms with van der Waals surface area (Å²) in [6.45, 7) is 0. The van der Waals surface area contributed by atoms with E-state index in [1.54, 1.807) is 0 Å². The highest BCUT2D eigenvalue weighted by molar-refractivity contribution is 9.10. The van der Waals surface area contributed by atoms with E-state index in [9.17, 15) is 0 Å². The molecule has 0 saturated carbocycles. The summed E-state index contributed by atoms with van der Waals surface area (Å²) in [4.78, 5) is 9.19. The van der Waals surface area contributed by atoms with Crippen molar-refractivity contribution in [2.45, 2.75) is 0 Å². The van der Waals surface area contributed by atoms with Gasteiger partial charge in [-0.2, -0.15) is 0 Å². The van der Waals surface area contributed by atoms with E-state index >= 15 is 0 Å². The van der Waals surface area contributed by atoms with Gasteiger partial charge in [-0.15, -0.1) is 0 Å². The van der Waals surface area contributed by atoms with E-state index in [0.29, 0.717) is 0 Å². The van der Waals surface area contributed by atoms with Crippen LogP contribution in [0.3, 0.4) is 0 Å². The average Bonchev–Trinajstić information content (AvgIpc) is 2.39. The third kappa shape index (κ3) is 2.18. The second kappa shape index (κ2) is 4.78. The normalized spacial score (nSPS) is 10.8. The molecule has 0 saturated heterocycles. The Hall–Kier alpha value is -1.26. The van der Waals surface area contributed by atoms with Gasteiger partial charge in [-0.3, -0.25) is 0 Å². The van der Waals surface area contributed by atoms with Crippen molar-refractivity contribution in [3.8, 4) is 11.3 Å². The van der Waals surface area contributed by atoms with Crippen LogP contribution in [-0.4, -0.2) is 9.97 Å². The second-order valence-electron chi connectivity index (χ2n) is 3.86. The maximum absolute atomic E-state index is 4.67. The van der Waals surface area contributed by atoms with Gasteiger partial charge in [0.15, 0.2) is 0 Å². The lowest BCUT2D eigenvalue weighted by Crippen LogP contribution is -1.91. The van der Waals surface area contributed by atoms with E-state index in [0.717, 1.165) is 31.4 Å². The summed E-state index contributed by atoms with van der Waals surface area (Å²) < 4.78 is 1.77. The molecule has 18 heavy (non-hydrogen) atoms. The molecule has 0 radical (unpaired) electrons. The molecule has 0 atom stereocenters. The molecule has 0 unspecified atom stereocenters. The zero-order valence-electron chi connectivity index (χ0n) is 9.27. The summed E-state index contributed by atoms with van der Waals surface area (Å²) in [6.07, 6.45) is 0. The van der Waals surface area contributed by atoms with Crippen LogP contribution in [0.1, 0.15) is 0 Å². The summed E-state index contributed by atoms with van der Waals surface area (Å²) in [7, 11) is 0. The SMILES string of the molecule is Brc1ccc2nc(Br)c(-c3ccccc3)nc2c1. The number of hydrogen-bond acceptors (Lipinski definition) is 2. The standard InChI is InChI=1S/C14H8Br2N2/c15-10-6-7-11-12(8-10)17-13(14(16)18-11)9-4-2-1-3-5-9/h1-8H. The van der Waals surface area contributed by atoms with Gasteiger partial charge >= 0.3 is 0 Å². The fraction of sp³-hybridized carbons (Fsp3) is 0. The fourth-order valence-electron chi connectivity index (χ4n) is 1.79. The summed E-state index contributed by atoms with van der Waals surface area (Å²) in [5.74, 6) is 0. The highest BCUT2D eigenvalue weighted by Gasteiger charge is 2.08. The van der Waals surface area contributed by atoms with Crippen molar-refractivity contribution in [2.75, 3.05) is 0 Å². The topological polar surface area (TPSA) is 25.8 Å². The lowest BCUT2D eigenvalue weighted by Gasteiger charge is -2.05. The van der Waals surface area contributed by atoms with Crippen molar-refractivity contribution in [3.05, 3.63) is 57.6 Å². The van der Waals surface area contributed by atoms with Gasteiger partial charge in [0.1, 0.15) is 10.3 Å². The van der Waals surface area contributed by atoms with Crippen LogP contribution in [0.2, 0.25) is 0 Å². The molecule has 0 aliphatic carbocycles. The molecule has 2 aromatic carbocycles. The Morgan fingerprint density at radius 1 is 0.778 bits per heavy atom. The van der Waals surface area contributed by atoms with Crippen molar-refractivity contribution < 1.29 is 0 Å². The lowest BCUT2D eigenvalue weighted by atomic mass is 10.1. The first-order valence-corrected chi connectivity index (χ1v) is 7.01. The van der Waals surface area contributed by atoms with Gasteiger partial charge in [0, 0.05) is 10.0 Å². The third-order valence-electron chi connectivity index (χ3n) is 2.63. The number of halogens is 2. The minimum Gasteiger partial charge on any atom is -0.243 e. The molecule has 3 rings (SSSR count). The first kappa shape index (κ1) is 11.8. The van der Waals surface area contributed by atoms with E-state index < -0.39 is 0 Å². The van der Waals surface area contributed by atoms with Crippen LogP contribution < -0.4 is 0 Å². The van der Waals surface area contributed by atoms with Crippen LogP contribution in [0.25, 0.3) is 22.3 Å². The highest BCUT2D eigenvalue weighted by Crippen LogP contribution is 2.27. The van der Waals surface area contributed by atoms with Crippen molar-refractivity contribution >= 4 is 42.9 Å². The van der Waals surface area contributed by atoms with Gasteiger partial charge in [-0.05, 0) is 34.1 Å². The van der Waals surface area contributed by atoms with Crippen LogP contribution in [-0.2, 0) is 0 Å². The van der Waals surface area contributed by atoms with Crippen LogP contribution in [0.4, 0.5) is 0 Å². The van der Waals surface area contributed by atoms with Crippen molar-refractivity contribution in [2.24, 2.45) is 0 Å². The fourth-order valence-corrected chi connectivity index (χ4v) is 2.64. The Morgan fingerprint density at radius 2 is 1.56 bits per heavy atom. The predicted octanol–water partition coefficient (Wildman–Crippen LogP) is 4.82. The Morgan fingerprint density at radius 3 is 2.33 bits per heavy atom. The molecule has 1 heterocycles. The van der Waals surface area contributed by atoms with Crippen LogP contribution >= 0.6 is 31.9 Å². The van der Waals surface area contributed by atoms with Crippen LogP contribution in [0.15, 0.2) is 57.6 Å². The van der Waals surface area contributed by atoms with Crippen molar-refractivity contribution in [1.82, 2.24) is 9.97 Å². The monoisotopic (exact) mass is 362 g/mol. The zero-order valence-corrected chi connectivity index (χ0v) is 12.4. The molecular weight excluding hydrogens is 356 g/mol. The van der Waals surface area contributed by atoms with E-state index in [4.69, 9.17) is 0 Å². The summed E-state index contributed by atoms with van der Waals surface area (Å²) >= 11 is 6.94. The van der Waals surface area contributed by atoms with Gasteiger partial charge < -0.3 is 0 Å². The molecule has 0 fully saturated rings. The molecule has 0 N–H and O–H groups in total. The van der Waals surface area contributed by atoms with Crippen molar-refractivity contribution in [1.29, 1.82) is 0 Å². The quantitative estimate of drug-likeness (QED) is 0.619. The van der Waals surface area contributed by atoms with Crippen LogP contribution in [0, 0.1) is 0 Å². The molecular formula is C14H8Br2N2. The Bertz CT molecular complexity index is 712. The van der Waals surface area contributed by atoms with E-state index in [1.807, 2.05) is 48.5 Å². The number of nitrogens with zero attached hydrogens (tertiary/aromatic N) is 2. The van der Waals surface area contributed by atoms with Gasteiger partial charge in [0.2, 0.25) is 0 Å². The van der Waals surface area contributed by atoms with E-state index in [-0.39, 0.29) is 0 Å². The van der Waals surface area contributed by atoms with Gasteiger partial charge in [-0.25, -0.2) is 9.97 Å². The number of benzene rings is 2. The smallest absolute Gasteiger partial charge is 0.133 e. The Labute approximate surface area is 121 Å². The number of aromatic nitrogens is 2. The minimum atomic E-state index is 0.767. The number of hydrogen-bond donors (Lipinski definition) is 0. The molecule has 2 nitrogen and oxygen atoms in total. The van der Waals surface area contributed by atoms with Gasteiger partial charge in [0.05, 0.1) is 11.0 Å². The lowest BCUT2D eigenvalue weighted by molar-refractivity contribution is 1.25. The maximum atomic E-state index is 4.67. The summed E-state index contributed by atoms with van der Waals surface area (Å²) in [5, 5.41) is 0. The zero-order chi connectivity index (χ0) is 12.5. The molecule has 88 valence electrons. The second-order valence-corrected chi connectivity index (χ2v) is 5.53. The van der Waals surface area contributed by atoms with Gasteiger partial charge in [0.25, 0.3) is 0 Å². The van der Waals surface area contributed by atoms with Crippen LogP contribution in [0.5, 0.6) is 0 Å². The van der Waals surface area contributed by atoms with Gasteiger partial charge in [-0.1, -0.05) is 46.3 Å². The predicted molar refractivity (Wildman–Crippen MR) is 80.4 cm³/mol.